The molecule has 1 aromatic heterocycles. The fourth-order valence-electron chi connectivity index (χ4n) is 1.90. The lowest BCUT2D eigenvalue weighted by Gasteiger charge is -2.06. The van der Waals surface area contributed by atoms with Crippen LogP contribution in [-0.2, 0) is 13.5 Å². The third-order valence-electron chi connectivity index (χ3n) is 2.87. The number of aromatic nitrogens is 2. The normalized spacial score (nSPS) is 10.4. The summed E-state index contributed by atoms with van der Waals surface area (Å²) in [6.07, 6.45) is 3.30. The summed E-state index contributed by atoms with van der Waals surface area (Å²) in [6, 6.07) is 10.2. The van der Waals surface area contributed by atoms with Gasteiger partial charge in [0, 0.05) is 13.6 Å². The standard InChI is InChI=1S/C13H16N4O2/c1-16-10-15-13(17(18)19)12(16)14-9-5-8-11-6-3-2-4-7-11/h2-4,6-7,10,14H,5,8-9H2,1H3. The maximum Gasteiger partial charge on any atom is 0.406 e. The van der Waals surface area contributed by atoms with Crippen LogP contribution in [0.2, 0.25) is 0 Å². The van der Waals surface area contributed by atoms with Gasteiger partial charge in [-0.1, -0.05) is 30.3 Å². The predicted molar refractivity (Wildman–Crippen MR) is 73.1 cm³/mol. The molecule has 0 saturated carbocycles. The Morgan fingerprint density at radius 1 is 1.37 bits per heavy atom. The third-order valence-corrected chi connectivity index (χ3v) is 2.87. The zero-order valence-electron chi connectivity index (χ0n) is 10.7. The molecule has 0 aliphatic heterocycles. The minimum absolute atomic E-state index is 0.123. The van der Waals surface area contributed by atoms with Crippen LogP contribution in [0.5, 0.6) is 0 Å². The molecule has 0 spiro atoms. The average Bonchev–Trinajstić information content (AvgIpc) is 2.77. The highest BCUT2D eigenvalue weighted by atomic mass is 16.6. The van der Waals surface area contributed by atoms with Crippen LogP contribution in [0.25, 0.3) is 0 Å². The molecule has 0 atom stereocenters. The molecular formula is C13H16N4O2. The first kappa shape index (κ1) is 13.1. The maximum absolute atomic E-state index is 10.8. The lowest BCUT2D eigenvalue weighted by atomic mass is 10.1. The van der Waals surface area contributed by atoms with Crippen molar-refractivity contribution < 1.29 is 4.92 Å². The number of nitrogens with one attached hydrogen (secondary N) is 1. The minimum Gasteiger partial charge on any atom is -0.364 e. The molecule has 1 N–H and O–H groups in total. The van der Waals surface area contributed by atoms with E-state index in [2.05, 4.69) is 22.4 Å². The molecule has 6 heteroatoms. The van der Waals surface area contributed by atoms with Gasteiger partial charge in [0.2, 0.25) is 12.1 Å². The van der Waals surface area contributed by atoms with E-state index in [0.29, 0.717) is 12.4 Å². The van der Waals surface area contributed by atoms with Crippen LogP contribution in [-0.4, -0.2) is 21.0 Å². The highest BCUT2D eigenvalue weighted by molar-refractivity contribution is 5.51. The lowest BCUT2D eigenvalue weighted by molar-refractivity contribution is -0.388. The average molecular weight is 260 g/mol. The Kier molecular flexibility index (Phi) is 4.12. The number of rotatable bonds is 6. The van der Waals surface area contributed by atoms with E-state index >= 15 is 0 Å². The highest BCUT2D eigenvalue weighted by Gasteiger charge is 2.18. The van der Waals surface area contributed by atoms with Crippen molar-refractivity contribution in [1.29, 1.82) is 0 Å². The van der Waals surface area contributed by atoms with E-state index in [1.807, 2.05) is 18.2 Å². The van der Waals surface area contributed by atoms with Crippen molar-refractivity contribution in [1.82, 2.24) is 9.55 Å². The van der Waals surface area contributed by atoms with E-state index in [1.54, 1.807) is 11.6 Å². The van der Waals surface area contributed by atoms with Crippen molar-refractivity contribution >= 4 is 11.6 Å². The Balaban J connectivity index is 1.86. The Morgan fingerprint density at radius 3 is 2.79 bits per heavy atom. The molecule has 0 fully saturated rings. The quantitative estimate of drug-likeness (QED) is 0.491. The second-order valence-electron chi connectivity index (χ2n) is 4.30. The first-order valence-electron chi connectivity index (χ1n) is 6.12. The zero-order chi connectivity index (χ0) is 13.7. The molecule has 1 heterocycles. The van der Waals surface area contributed by atoms with E-state index in [0.717, 1.165) is 12.8 Å². The van der Waals surface area contributed by atoms with E-state index in [4.69, 9.17) is 0 Å². The van der Waals surface area contributed by atoms with Crippen LogP contribution >= 0.6 is 0 Å². The molecule has 19 heavy (non-hydrogen) atoms. The number of anilines is 1. The van der Waals surface area contributed by atoms with E-state index < -0.39 is 4.92 Å². The number of imidazole rings is 1. The molecular weight excluding hydrogens is 244 g/mol. The van der Waals surface area contributed by atoms with Crippen molar-refractivity contribution in [3.63, 3.8) is 0 Å². The smallest absolute Gasteiger partial charge is 0.364 e. The highest BCUT2D eigenvalue weighted by Crippen LogP contribution is 2.20. The summed E-state index contributed by atoms with van der Waals surface area (Å²) in [5.74, 6) is 0.334. The molecule has 0 unspecified atom stereocenters. The molecule has 0 amide bonds. The molecule has 0 saturated heterocycles. The van der Waals surface area contributed by atoms with Gasteiger partial charge in [0.05, 0.1) is 0 Å². The van der Waals surface area contributed by atoms with Gasteiger partial charge < -0.3 is 15.4 Å². The first-order chi connectivity index (χ1) is 9.18. The zero-order valence-corrected chi connectivity index (χ0v) is 10.7. The van der Waals surface area contributed by atoms with Gasteiger partial charge in [0.15, 0.2) is 0 Å². The SMILES string of the molecule is Cn1cnc([N+](=O)[O-])c1NCCCc1ccccc1. The molecule has 100 valence electrons. The summed E-state index contributed by atoms with van der Waals surface area (Å²) < 4.78 is 1.63. The summed E-state index contributed by atoms with van der Waals surface area (Å²) in [5, 5.41) is 13.9. The van der Waals surface area contributed by atoms with Gasteiger partial charge in [-0.15, -0.1) is 0 Å². The monoisotopic (exact) mass is 260 g/mol. The summed E-state index contributed by atoms with van der Waals surface area (Å²) in [7, 11) is 1.74. The second kappa shape index (κ2) is 5.99. The predicted octanol–water partition coefficient (Wildman–Crippen LogP) is 2.37. The van der Waals surface area contributed by atoms with Crippen LogP contribution in [0.1, 0.15) is 12.0 Å². The Bertz CT molecular complexity index is 551. The van der Waals surface area contributed by atoms with Crippen LogP contribution in [0.3, 0.4) is 0 Å². The van der Waals surface area contributed by atoms with Gasteiger partial charge in [0.25, 0.3) is 0 Å². The summed E-state index contributed by atoms with van der Waals surface area (Å²) in [6.45, 7) is 0.676. The molecule has 0 radical (unpaired) electrons. The number of nitrogens with zero attached hydrogens (tertiary/aromatic N) is 3. The Labute approximate surface area is 111 Å². The van der Waals surface area contributed by atoms with Crippen LogP contribution in [0, 0.1) is 10.1 Å². The summed E-state index contributed by atoms with van der Waals surface area (Å²) >= 11 is 0. The number of nitro groups is 1. The van der Waals surface area contributed by atoms with Crippen LogP contribution < -0.4 is 5.32 Å². The summed E-state index contributed by atoms with van der Waals surface area (Å²) in [4.78, 5) is 14.1. The lowest BCUT2D eigenvalue weighted by Crippen LogP contribution is -2.08. The van der Waals surface area contributed by atoms with E-state index in [1.165, 1.54) is 11.9 Å². The molecule has 1 aromatic carbocycles. The first-order valence-corrected chi connectivity index (χ1v) is 6.12. The van der Waals surface area contributed by atoms with Crippen molar-refractivity contribution in [2.75, 3.05) is 11.9 Å². The minimum atomic E-state index is -0.473. The fourth-order valence-corrected chi connectivity index (χ4v) is 1.90. The topological polar surface area (TPSA) is 73.0 Å². The Hall–Kier alpha value is -2.37. The van der Waals surface area contributed by atoms with Gasteiger partial charge >= 0.3 is 5.82 Å². The second-order valence-corrected chi connectivity index (χ2v) is 4.30. The number of hydrogen-bond acceptors (Lipinski definition) is 4. The molecule has 0 bridgehead atoms. The number of aryl methyl sites for hydroxylation is 2. The van der Waals surface area contributed by atoms with Crippen LogP contribution in [0.4, 0.5) is 11.6 Å². The molecule has 0 aliphatic rings. The van der Waals surface area contributed by atoms with E-state index in [-0.39, 0.29) is 5.82 Å². The molecule has 6 nitrogen and oxygen atoms in total. The van der Waals surface area contributed by atoms with Gasteiger partial charge in [-0.05, 0) is 28.3 Å². The van der Waals surface area contributed by atoms with Gasteiger partial charge in [-0.3, -0.25) is 4.57 Å². The van der Waals surface area contributed by atoms with Crippen molar-refractivity contribution in [2.45, 2.75) is 12.8 Å². The molecule has 2 rings (SSSR count). The van der Waals surface area contributed by atoms with Crippen molar-refractivity contribution in [3.8, 4) is 0 Å². The number of benzene rings is 1. The van der Waals surface area contributed by atoms with Crippen molar-refractivity contribution in [2.24, 2.45) is 7.05 Å². The Morgan fingerprint density at radius 2 is 2.11 bits per heavy atom. The largest absolute Gasteiger partial charge is 0.406 e. The molecule has 0 aliphatic carbocycles. The van der Waals surface area contributed by atoms with Gasteiger partial charge in [0.1, 0.15) is 0 Å². The fraction of sp³-hybridized carbons (Fsp3) is 0.308. The number of hydrogen-bond donors (Lipinski definition) is 1. The molecule has 2 aromatic rings. The van der Waals surface area contributed by atoms with Gasteiger partial charge in [-0.2, -0.15) is 0 Å². The summed E-state index contributed by atoms with van der Waals surface area (Å²) in [5.41, 5.74) is 1.27. The maximum atomic E-state index is 10.8. The van der Waals surface area contributed by atoms with E-state index in [9.17, 15) is 10.1 Å². The van der Waals surface area contributed by atoms with Gasteiger partial charge in [-0.25, -0.2) is 0 Å². The third kappa shape index (κ3) is 3.31. The van der Waals surface area contributed by atoms with Crippen molar-refractivity contribution in [3.05, 3.63) is 52.3 Å². The van der Waals surface area contributed by atoms with Crippen LogP contribution in [0.15, 0.2) is 36.7 Å².